The second-order valence-electron chi connectivity index (χ2n) is 6.98. The standard InChI is InChI=1S/C22H24N2O4S/c1-16-9-11-20(12-10-16)29(26,27)24(14-19-8-5-13-28-19)15-21(25)23-22-17(2)6-4-7-18(22)3/h4-13H,14-15H2,1-3H3,(H,23,25). The summed E-state index contributed by atoms with van der Waals surface area (Å²) in [5.41, 5.74) is 3.48. The lowest BCUT2D eigenvalue weighted by molar-refractivity contribution is -0.116. The highest BCUT2D eigenvalue weighted by atomic mass is 32.2. The van der Waals surface area contributed by atoms with Crippen molar-refractivity contribution in [1.29, 1.82) is 0 Å². The van der Waals surface area contributed by atoms with Crippen LogP contribution in [0, 0.1) is 20.8 Å². The zero-order valence-electron chi connectivity index (χ0n) is 16.7. The van der Waals surface area contributed by atoms with Crippen LogP contribution in [0.3, 0.4) is 0 Å². The van der Waals surface area contributed by atoms with E-state index in [9.17, 15) is 13.2 Å². The maximum absolute atomic E-state index is 13.2. The first-order valence-electron chi connectivity index (χ1n) is 9.22. The third-order valence-electron chi connectivity index (χ3n) is 4.64. The van der Waals surface area contributed by atoms with Gasteiger partial charge in [-0.25, -0.2) is 8.42 Å². The van der Waals surface area contributed by atoms with Crippen LogP contribution in [-0.4, -0.2) is 25.2 Å². The van der Waals surface area contributed by atoms with Crippen molar-refractivity contribution >= 4 is 21.6 Å². The van der Waals surface area contributed by atoms with Gasteiger partial charge in [-0.2, -0.15) is 4.31 Å². The number of benzene rings is 2. The summed E-state index contributed by atoms with van der Waals surface area (Å²) in [5.74, 6) is 0.0465. The molecule has 1 aromatic heterocycles. The highest BCUT2D eigenvalue weighted by Gasteiger charge is 2.28. The van der Waals surface area contributed by atoms with Gasteiger partial charge in [0.1, 0.15) is 5.76 Å². The van der Waals surface area contributed by atoms with Gasteiger partial charge in [-0.15, -0.1) is 0 Å². The van der Waals surface area contributed by atoms with Crippen LogP contribution in [-0.2, 0) is 21.4 Å². The fraction of sp³-hybridized carbons (Fsp3) is 0.227. The van der Waals surface area contributed by atoms with Gasteiger partial charge < -0.3 is 9.73 Å². The minimum absolute atomic E-state index is 0.0383. The number of anilines is 1. The second-order valence-corrected chi connectivity index (χ2v) is 8.92. The number of amides is 1. The van der Waals surface area contributed by atoms with E-state index in [1.54, 1.807) is 36.4 Å². The van der Waals surface area contributed by atoms with E-state index >= 15 is 0 Å². The minimum Gasteiger partial charge on any atom is -0.468 e. The molecule has 0 aliphatic rings. The Hall–Kier alpha value is -2.90. The summed E-state index contributed by atoms with van der Waals surface area (Å²) in [5, 5.41) is 2.85. The van der Waals surface area contributed by atoms with Gasteiger partial charge in [0.05, 0.1) is 24.2 Å². The average molecular weight is 413 g/mol. The molecule has 1 N–H and O–H groups in total. The zero-order valence-corrected chi connectivity index (χ0v) is 17.5. The molecule has 3 aromatic rings. The van der Waals surface area contributed by atoms with Gasteiger partial charge in [-0.1, -0.05) is 35.9 Å². The topological polar surface area (TPSA) is 79.6 Å². The molecule has 3 rings (SSSR count). The van der Waals surface area contributed by atoms with E-state index in [1.165, 1.54) is 6.26 Å². The Morgan fingerprint density at radius 3 is 2.21 bits per heavy atom. The molecule has 0 aliphatic heterocycles. The first kappa shape index (κ1) is 20.8. The second kappa shape index (κ2) is 8.63. The summed E-state index contributed by atoms with van der Waals surface area (Å²) >= 11 is 0. The minimum atomic E-state index is -3.89. The molecule has 152 valence electrons. The largest absolute Gasteiger partial charge is 0.468 e. The molecular weight excluding hydrogens is 388 g/mol. The number of nitrogens with zero attached hydrogens (tertiary/aromatic N) is 1. The smallest absolute Gasteiger partial charge is 0.243 e. The van der Waals surface area contributed by atoms with E-state index in [2.05, 4.69) is 5.32 Å². The van der Waals surface area contributed by atoms with Crippen molar-refractivity contribution in [1.82, 2.24) is 4.31 Å². The van der Waals surface area contributed by atoms with Crippen molar-refractivity contribution in [2.24, 2.45) is 0 Å². The van der Waals surface area contributed by atoms with Crippen molar-refractivity contribution in [3.8, 4) is 0 Å². The molecule has 0 unspecified atom stereocenters. The van der Waals surface area contributed by atoms with E-state index in [4.69, 9.17) is 4.42 Å². The number of carbonyl (C=O) groups excluding carboxylic acids is 1. The van der Waals surface area contributed by atoms with Crippen LogP contribution in [0.1, 0.15) is 22.5 Å². The van der Waals surface area contributed by atoms with Gasteiger partial charge in [-0.3, -0.25) is 4.79 Å². The van der Waals surface area contributed by atoms with Crippen molar-refractivity contribution in [3.63, 3.8) is 0 Å². The van der Waals surface area contributed by atoms with Crippen molar-refractivity contribution in [3.05, 3.63) is 83.3 Å². The fourth-order valence-corrected chi connectivity index (χ4v) is 4.37. The summed E-state index contributed by atoms with van der Waals surface area (Å²) in [4.78, 5) is 12.9. The Balaban J connectivity index is 1.87. The van der Waals surface area contributed by atoms with Crippen molar-refractivity contribution in [2.75, 3.05) is 11.9 Å². The molecule has 0 saturated heterocycles. The molecule has 0 aliphatic carbocycles. The van der Waals surface area contributed by atoms with Crippen LogP contribution in [0.2, 0.25) is 0 Å². The van der Waals surface area contributed by atoms with Crippen LogP contribution in [0.4, 0.5) is 5.69 Å². The first-order valence-corrected chi connectivity index (χ1v) is 10.7. The Morgan fingerprint density at radius 1 is 0.966 bits per heavy atom. The van der Waals surface area contributed by atoms with E-state index in [-0.39, 0.29) is 18.0 Å². The van der Waals surface area contributed by atoms with Crippen LogP contribution in [0.25, 0.3) is 0 Å². The van der Waals surface area contributed by atoms with Crippen LogP contribution in [0.5, 0.6) is 0 Å². The highest BCUT2D eigenvalue weighted by molar-refractivity contribution is 7.89. The molecular formula is C22H24N2O4S. The molecule has 6 nitrogen and oxygen atoms in total. The number of rotatable bonds is 7. The van der Waals surface area contributed by atoms with Crippen LogP contribution >= 0.6 is 0 Å². The molecule has 0 saturated carbocycles. The van der Waals surface area contributed by atoms with E-state index < -0.39 is 15.9 Å². The lowest BCUT2D eigenvalue weighted by Gasteiger charge is -2.21. The molecule has 0 radical (unpaired) electrons. The molecule has 0 bridgehead atoms. The zero-order chi connectivity index (χ0) is 21.0. The molecule has 2 aromatic carbocycles. The summed E-state index contributed by atoms with van der Waals surface area (Å²) in [6.45, 7) is 5.31. The number of furan rings is 1. The Kier molecular flexibility index (Phi) is 6.20. The first-order chi connectivity index (χ1) is 13.8. The SMILES string of the molecule is Cc1ccc(S(=O)(=O)N(CC(=O)Nc2c(C)cccc2C)Cc2ccco2)cc1. The summed E-state index contributed by atoms with van der Waals surface area (Å²) in [7, 11) is -3.89. The van der Waals surface area contributed by atoms with Crippen LogP contribution in [0.15, 0.2) is 70.2 Å². The summed E-state index contributed by atoms with van der Waals surface area (Å²) in [6, 6.07) is 15.6. The Bertz CT molecular complexity index is 1070. The maximum Gasteiger partial charge on any atom is 0.243 e. The third-order valence-corrected chi connectivity index (χ3v) is 6.44. The van der Waals surface area contributed by atoms with Gasteiger partial charge in [0.2, 0.25) is 15.9 Å². The summed E-state index contributed by atoms with van der Waals surface area (Å²) in [6.07, 6.45) is 1.47. The maximum atomic E-state index is 13.2. The van der Waals surface area contributed by atoms with Gasteiger partial charge in [-0.05, 0) is 56.2 Å². The average Bonchev–Trinajstić information content (AvgIpc) is 3.18. The Labute approximate surface area is 171 Å². The van der Waals surface area contributed by atoms with Gasteiger partial charge in [0.15, 0.2) is 0 Å². The van der Waals surface area contributed by atoms with Crippen molar-refractivity contribution in [2.45, 2.75) is 32.2 Å². The van der Waals surface area contributed by atoms with E-state index in [1.807, 2.05) is 39.0 Å². The molecule has 7 heteroatoms. The molecule has 0 fully saturated rings. The summed E-state index contributed by atoms with van der Waals surface area (Å²) < 4.78 is 32.8. The number of para-hydroxylation sites is 1. The fourth-order valence-electron chi connectivity index (χ4n) is 3.01. The highest BCUT2D eigenvalue weighted by Crippen LogP contribution is 2.22. The molecule has 0 spiro atoms. The molecule has 0 atom stereocenters. The number of sulfonamides is 1. The van der Waals surface area contributed by atoms with Gasteiger partial charge in [0.25, 0.3) is 0 Å². The van der Waals surface area contributed by atoms with Gasteiger partial charge >= 0.3 is 0 Å². The van der Waals surface area contributed by atoms with Crippen LogP contribution < -0.4 is 5.32 Å². The Morgan fingerprint density at radius 2 is 1.62 bits per heavy atom. The molecule has 1 heterocycles. The van der Waals surface area contributed by atoms with Gasteiger partial charge in [0, 0.05) is 5.69 Å². The lowest BCUT2D eigenvalue weighted by Crippen LogP contribution is -2.37. The van der Waals surface area contributed by atoms with Crippen molar-refractivity contribution < 1.29 is 17.6 Å². The third kappa shape index (κ3) is 4.93. The number of carbonyl (C=O) groups is 1. The molecule has 29 heavy (non-hydrogen) atoms. The number of hydrogen-bond acceptors (Lipinski definition) is 4. The predicted molar refractivity (Wildman–Crippen MR) is 112 cm³/mol. The monoisotopic (exact) mass is 412 g/mol. The van der Waals surface area contributed by atoms with E-state index in [0.717, 1.165) is 21.0 Å². The number of nitrogens with one attached hydrogen (secondary N) is 1. The lowest BCUT2D eigenvalue weighted by atomic mass is 10.1. The number of aryl methyl sites for hydroxylation is 3. The van der Waals surface area contributed by atoms with E-state index in [0.29, 0.717) is 11.4 Å². The quantitative estimate of drug-likeness (QED) is 0.635. The predicted octanol–water partition coefficient (Wildman–Crippen LogP) is 4.03. The number of hydrogen-bond donors (Lipinski definition) is 1. The molecule has 1 amide bonds. The normalized spacial score (nSPS) is 11.6.